The highest BCUT2D eigenvalue weighted by molar-refractivity contribution is 5.94. The number of phenolic OH excluding ortho intramolecular Hbond substituents is 1. The number of nitrogens with one attached hydrogen (secondary N) is 1. The smallest absolute Gasteiger partial charge is 0.326 e. The van der Waals surface area contributed by atoms with Gasteiger partial charge in [0.1, 0.15) is 11.8 Å². The lowest BCUT2D eigenvalue weighted by atomic mass is 10.1. The number of aryl methyl sites for hydroxylation is 1. The van der Waals surface area contributed by atoms with Crippen LogP contribution in [0.4, 0.5) is 0 Å². The van der Waals surface area contributed by atoms with Gasteiger partial charge in [-0.25, -0.2) is 4.79 Å². The molecule has 7 heteroatoms. The van der Waals surface area contributed by atoms with E-state index in [2.05, 4.69) is 10.5 Å². The molecule has 7 nitrogen and oxygen atoms in total. The van der Waals surface area contributed by atoms with Gasteiger partial charge in [-0.1, -0.05) is 17.3 Å². The first-order valence-electron chi connectivity index (χ1n) is 6.20. The number of hydrogen-bond donors (Lipinski definition) is 3. The molecule has 2 rings (SSSR count). The molecule has 3 N–H and O–H groups in total. The van der Waals surface area contributed by atoms with E-state index in [1.807, 2.05) is 0 Å². The number of nitrogens with zero attached hydrogens (tertiary/aromatic N) is 1. The van der Waals surface area contributed by atoms with Gasteiger partial charge in [0.05, 0.1) is 5.69 Å². The third kappa shape index (κ3) is 3.82. The minimum atomic E-state index is -1.16. The van der Waals surface area contributed by atoms with Gasteiger partial charge in [0.25, 0.3) is 5.91 Å². The molecule has 1 amide bonds. The molecule has 0 bridgehead atoms. The van der Waals surface area contributed by atoms with Crippen molar-refractivity contribution >= 4 is 11.9 Å². The number of amides is 1. The maximum absolute atomic E-state index is 11.9. The van der Waals surface area contributed by atoms with Crippen LogP contribution in [0.5, 0.6) is 5.75 Å². The maximum Gasteiger partial charge on any atom is 0.326 e. The summed E-state index contributed by atoms with van der Waals surface area (Å²) >= 11 is 0. The second-order valence-electron chi connectivity index (χ2n) is 4.57. The van der Waals surface area contributed by atoms with Crippen molar-refractivity contribution in [3.8, 4) is 5.75 Å². The number of rotatable bonds is 5. The molecule has 1 atom stereocenters. The zero-order valence-corrected chi connectivity index (χ0v) is 11.2. The van der Waals surface area contributed by atoms with E-state index >= 15 is 0 Å². The molecule has 0 fully saturated rings. The Morgan fingerprint density at radius 1 is 1.33 bits per heavy atom. The molecule has 0 radical (unpaired) electrons. The number of carboxylic acid groups (broad SMARTS) is 1. The summed E-state index contributed by atoms with van der Waals surface area (Å²) in [6.45, 7) is 1.66. The first-order valence-corrected chi connectivity index (χ1v) is 6.20. The average Bonchev–Trinajstić information content (AvgIpc) is 2.87. The van der Waals surface area contributed by atoms with Crippen molar-refractivity contribution in [2.45, 2.75) is 19.4 Å². The number of hydrogen-bond acceptors (Lipinski definition) is 5. The van der Waals surface area contributed by atoms with Crippen molar-refractivity contribution < 1.29 is 24.3 Å². The van der Waals surface area contributed by atoms with E-state index in [1.54, 1.807) is 19.1 Å². The Morgan fingerprint density at radius 3 is 2.52 bits per heavy atom. The van der Waals surface area contributed by atoms with Crippen LogP contribution in [0.2, 0.25) is 0 Å². The van der Waals surface area contributed by atoms with E-state index in [4.69, 9.17) is 4.52 Å². The molecule has 2 aromatic rings. The van der Waals surface area contributed by atoms with Gasteiger partial charge in [-0.05, 0) is 24.6 Å². The van der Waals surface area contributed by atoms with Gasteiger partial charge in [-0.2, -0.15) is 0 Å². The van der Waals surface area contributed by atoms with Crippen LogP contribution in [0.1, 0.15) is 21.8 Å². The van der Waals surface area contributed by atoms with Gasteiger partial charge in [0, 0.05) is 12.5 Å². The summed E-state index contributed by atoms with van der Waals surface area (Å²) in [5.41, 5.74) is 1.21. The van der Waals surface area contributed by atoms with Crippen LogP contribution >= 0.6 is 0 Å². The number of aromatic hydroxyl groups is 1. The van der Waals surface area contributed by atoms with Crippen LogP contribution in [0.25, 0.3) is 0 Å². The molecule has 0 spiro atoms. The lowest BCUT2D eigenvalue weighted by Crippen LogP contribution is -2.42. The van der Waals surface area contributed by atoms with Gasteiger partial charge in [-0.3, -0.25) is 4.79 Å². The minimum Gasteiger partial charge on any atom is -0.508 e. The standard InChI is InChI=1S/C14H14N2O5/c1-8-6-12(21-16-8)13(18)15-11(14(19)20)7-9-2-4-10(17)5-3-9/h2-6,11,17H,7H2,1H3,(H,15,18)(H,19,20). The number of benzene rings is 1. The third-order valence-corrected chi connectivity index (χ3v) is 2.83. The zero-order valence-electron chi connectivity index (χ0n) is 11.2. The van der Waals surface area contributed by atoms with Gasteiger partial charge in [-0.15, -0.1) is 0 Å². The fourth-order valence-corrected chi connectivity index (χ4v) is 1.77. The Labute approximate surface area is 120 Å². The quantitative estimate of drug-likeness (QED) is 0.760. The van der Waals surface area contributed by atoms with Crippen LogP contribution in [0.15, 0.2) is 34.9 Å². The van der Waals surface area contributed by atoms with Crippen molar-refractivity contribution in [1.29, 1.82) is 0 Å². The molecule has 0 aliphatic carbocycles. The molecule has 1 unspecified atom stereocenters. The number of carboxylic acids is 1. The van der Waals surface area contributed by atoms with Crippen molar-refractivity contribution in [1.82, 2.24) is 10.5 Å². The first kappa shape index (κ1) is 14.6. The van der Waals surface area contributed by atoms with E-state index < -0.39 is 17.9 Å². The summed E-state index contributed by atoms with van der Waals surface area (Å²) < 4.78 is 4.78. The summed E-state index contributed by atoms with van der Waals surface area (Å²) in [5.74, 6) is -1.74. The molecule has 0 aliphatic heterocycles. The molecule has 21 heavy (non-hydrogen) atoms. The third-order valence-electron chi connectivity index (χ3n) is 2.83. The molecule has 1 heterocycles. The van der Waals surface area contributed by atoms with Gasteiger partial charge >= 0.3 is 5.97 Å². The highest BCUT2D eigenvalue weighted by atomic mass is 16.5. The normalized spacial score (nSPS) is 11.9. The molecule has 1 aromatic heterocycles. The Balaban J connectivity index is 2.07. The van der Waals surface area contributed by atoms with Crippen molar-refractivity contribution in [3.63, 3.8) is 0 Å². The summed E-state index contributed by atoms with van der Waals surface area (Å²) in [6.07, 6.45) is 0.0917. The molecule has 110 valence electrons. The monoisotopic (exact) mass is 290 g/mol. The minimum absolute atomic E-state index is 0.0375. The fraction of sp³-hybridized carbons (Fsp3) is 0.214. The topological polar surface area (TPSA) is 113 Å². The van der Waals surface area contributed by atoms with Crippen molar-refractivity contribution in [2.75, 3.05) is 0 Å². The zero-order chi connectivity index (χ0) is 15.4. The fourth-order valence-electron chi connectivity index (χ4n) is 1.77. The summed E-state index contributed by atoms with van der Waals surface area (Å²) in [7, 11) is 0. The summed E-state index contributed by atoms with van der Waals surface area (Å²) in [5, 5.41) is 24.3. The second kappa shape index (κ2) is 6.08. The largest absolute Gasteiger partial charge is 0.508 e. The van der Waals surface area contributed by atoms with E-state index in [1.165, 1.54) is 18.2 Å². The van der Waals surface area contributed by atoms with Crippen LogP contribution < -0.4 is 5.32 Å². The van der Waals surface area contributed by atoms with E-state index in [0.29, 0.717) is 11.3 Å². The average molecular weight is 290 g/mol. The Bertz CT molecular complexity index is 648. The summed E-state index contributed by atoms with van der Waals surface area (Å²) in [6, 6.07) is 6.42. The van der Waals surface area contributed by atoms with Crippen molar-refractivity contribution in [2.24, 2.45) is 0 Å². The van der Waals surface area contributed by atoms with Crippen LogP contribution in [0, 0.1) is 6.92 Å². The predicted octanol–water partition coefficient (Wildman–Crippen LogP) is 1.11. The van der Waals surface area contributed by atoms with Crippen LogP contribution in [-0.4, -0.2) is 33.3 Å². The highest BCUT2D eigenvalue weighted by Crippen LogP contribution is 2.12. The SMILES string of the molecule is Cc1cc(C(=O)NC(Cc2ccc(O)cc2)C(=O)O)on1. The number of aromatic nitrogens is 1. The molecule has 0 saturated carbocycles. The Morgan fingerprint density at radius 2 is 2.00 bits per heavy atom. The molecule has 0 saturated heterocycles. The lowest BCUT2D eigenvalue weighted by molar-refractivity contribution is -0.139. The highest BCUT2D eigenvalue weighted by Gasteiger charge is 2.23. The van der Waals surface area contributed by atoms with E-state index in [9.17, 15) is 19.8 Å². The number of phenols is 1. The van der Waals surface area contributed by atoms with Gasteiger partial charge in [0.15, 0.2) is 0 Å². The lowest BCUT2D eigenvalue weighted by Gasteiger charge is -2.13. The predicted molar refractivity (Wildman–Crippen MR) is 71.9 cm³/mol. The second-order valence-corrected chi connectivity index (χ2v) is 4.57. The Hall–Kier alpha value is -2.83. The van der Waals surface area contributed by atoms with Gasteiger partial charge < -0.3 is 20.1 Å². The Kier molecular flexibility index (Phi) is 4.22. The maximum atomic E-state index is 11.9. The van der Waals surface area contributed by atoms with E-state index in [-0.39, 0.29) is 17.9 Å². The number of carbonyl (C=O) groups is 2. The molecular weight excluding hydrogens is 276 g/mol. The molecule has 1 aromatic carbocycles. The van der Waals surface area contributed by atoms with E-state index in [0.717, 1.165) is 0 Å². The number of carbonyl (C=O) groups excluding carboxylic acids is 1. The molecular formula is C14H14N2O5. The van der Waals surface area contributed by atoms with Gasteiger partial charge in [0.2, 0.25) is 5.76 Å². The van der Waals surface area contributed by atoms with Crippen LogP contribution in [0.3, 0.4) is 0 Å². The van der Waals surface area contributed by atoms with Crippen LogP contribution in [-0.2, 0) is 11.2 Å². The molecule has 0 aliphatic rings. The first-order chi connectivity index (χ1) is 9.95. The summed E-state index contributed by atoms with van der Waals surface area (Å²) in [4.78, 5) is 23.1. The number of aliphatic carboxylic acids is 1. The van der Waals surface area contributed by atoms with Crippen molar-refractivity contribution in [3.05, 3.63) is 47.3 Å².